The molecule has 0 bridgehead atoms. The third-order valence-corrected chi connectivity index (χ3v) is 10.6. The van der Waals surface area contributed by atoms with Gasteiger partial charge in [-0.2, -0.15) is 0 Å². The van der Waals surface area contributed by atoms with E-state index in [1.165, 1.54) is 64.2 Å². The molecule has 0 radical (unpaired) electrons. The quantitative estimate of drug-likeness (QED) is 0.437. The topological polar surface area (TPSA) is 26.3 Å². The van der Waals surface area contributed by atoms with E-state index in [9.17, 15) is 4.79 Å². The van der Waals surface area contributed by atoms with E-state index in [1.807, 2.05) is 20.8 Å². The molecule has 4 aliphatic carbocycles. The molecule has 0 aromatic heterocycles. The number of esters is 1. The van der Waals surface area contributed by atoms with Crippen molar-refractivity contribution in [2.75, 3.05) is 0 Å². The van der Waals surface area contributed by atoms with Gasteiger partial charge in [-0.15, -0.1) is 0 Å². The van der Waals surface area contributed by atoms with Crippen molar-refractivity contribution in [3.63, 3.8) is 0 Å². The van der Waals surface area contributed by atoms with Gasteiger partial charge in [0.2, 0.25) is 0 Å². The summed E-state index contributed by atoms with van der Waals surface area (Å²) in [5.74, 6) is 5.33. The molecule has 0 N–H and O–H groups in total. The Balaban J connectivity index is 1.42. The zero-order valence-corrected chi connectivity index (χ0v) is 20.8. The molecule has 4 aliphatic rings. The van der Waals surface area contributed by atoms with E-state index in [0.717, 1.165) is 36.0 Å². The maximum absolute atomic E-state index is 12.3. The number of ether oxygens (including phenoxy) is 1. The Hall–Kier alpha value is -0.530. The highest BCUT2D eigenvalue weighted by atomic mass is 16.6. The van der Waals surface area contributed by atoms with Gasteiger partial charge in [0.25, 0.3) is 0 Å². The van der Waals surface area contributed by atoms with Crippen LogP contribution in [0.5, 0.6) is 0 Å². The molecule has 4 fully saturated rings. The number of carbonyl (C=O) groups excluding carboxylic acids is 1. The van der Waals surface area contributed by atoms with Gasteiger partial charge in [-0.05, 0) is 125 Å². The molecule has 0 aromatic carbocycles. The van der Waals surface area contributed by atoms with Crippen LogP contribution in [0.3, 0.4) is 0 Å². The van der Waals surface area contributed by atoms with Crippen molar-refractivity contribution in [3.8, 4) is 0 Å². The van der Waals surface area contributed by atoms with Crippen LogP contribution in [-0.4, -0.2) is 11.6 Å². The van der Waals surface area contributed by atoms with Crippen LogP contribution in [0, 0.1) is 46.3 Å². The standard InChI is InChI=1S/C28H48O2/c1-19(10-15-25(29)30-26(2,3)4)22-13-14-23-21-12-11-20-9-7-8-17-27(20,5)24(21)16-18-28(22,23)6/h19-24H,7-18H2,1-6H3/t19-,20+,21+,22?,23+,24+,27+,28-/m1/s1. The average molecular weight is 417 g/mol. The molecule has 0 heterocycles. The van der Waals surface area contributed by atoms with Crippen LogP contribution in [0.1, 0.15) is 119 Å². The summed E-state index contributed by atoms with van der Waals surface area (Å²) in [5.41, 5.74) is 0.784. The van der Waals surface area contributed by atoms with Crippen molar-refractivity contribution in [3.05, 3.63) is 0 Å². The van der Waals surface area contributed by atoms with Gasteiger partial charge in [-0.25, -0.2) is 0 Å². The van der Waals surface area contributed by atoms with Crippen LogP contribution in [0.15, 0.2) is 0 Å². The lowest BCUT2D eigenvalue weighted by Gasteiger charge is -2.61. The fourth-order valence-electron chi connectivity index (χ4n) is 9.21. The van der Waals surface area contributed by atoms with E-state index >= 15 is 0 Å². The second-order valence-corrected chi connectivity index (χ2v) is 13.2. The fraction of sp³-hybridized carbons (Fsp3) is 0.964. The fourth-order valence-corrected chi connectivity index (χ4v) is 9.21. The summed E-state index contributed by atoms with van der Waals surface area (Å²) in [5, 5.41) is 0. The summed E-state index contributed by atoms with van der Waals surface area (Å²) >= 11 is 0. The molecule has 30 heavy (non-hydrogen) atoms. The minimum atomic E-state index is -0.364. The normalized spacial score (nSPS) is 44.5. The van der Waals surface area contributed by atoms with Gasteiger partial charge in [0.15, 0.2) is 0 Å². The van der Waals surface area contributed by atoms with Gasteiger partial charge in [0.05, 0.1) is 0 Å². The lowest BCUT2D eigenvalue weighted by atomic mass is 9.44. The van der Waals surface area contributed by atoms with Crippen LogP contribution >= 0.6 is 0 Å². The summed E-state index contributed by atoms with van der Waals surface area (Å²) in [4.78, 5) is 12.3. The molecule has 4 rings (SSSR count). The molecule has 2 heteroatoms. The Morgan fingerprint density at radius 1 is 0.933 bits per heavy atom. The SMILES string of the molecule is C[C@H](CCC(=O)OC(C)(C)C)C1CC[C@H]2[C@@H]3CC[C@@H]4CCCC[C@]4(C)[C@H]3CC[C@]12C. The Morgan fingerprint density at radius 2 is 1.67 bits per heavy atom. The monoisotopic (exact) mass is 416 g/mol. The third kappa shape index (κ3) is 3.99. The minimum Gasteiger partial charge on any atom is -0.460 e. The summed E-state index contributed by atoms with van der Waals surface area (Å²) in [6, 6.07) is 0. The average Bonchev–Trinajstić information content (AvgIpc) is 3.01. The Bertz CT molecular complexity index is 633. The molecule has 0 aliphatic heterocycles. The summed E-state index contributed by atoms with van der Waals surface area (Å²) in [6.45, 7) is 13.7. The van der Waals surface area contributed by atoms with Crippen LogP contribution in [0.2, 0.25) is 0 Å². The van der Waals surface area contributed by atoms with E-state index < -0.39 is 0 Å². The van der Waals surface area contributed by atoms with Crippen molar-refractivity contribution >= 4 is 5.97 Å². The van der Waals surface area contributed by atoms with Crippen molar-refractivity contribution in [1.82, 2.24) is 0 Å². The van der Waals surface area contributed by atoms with Gasteiger partial charge in [0.1, 0.15) is 5.60 Å². The van der Waals surface area contributed by atoms with Crippen LogP contribution < -0.4 is 0 Å². The molecule has 0 amide bonds. The van der Waals surface area contributed by atoms with Gasteiger partial charge in [-0.1, -0.05) is 33.6 Å². The summed E-state index contributed by atoms with van der Waals surface area (Å²) in [6.07, 6.45) is 16.3. The number of hydrogen-bond acceptors (Lipinski definition) is 2. The minimum absolute atomic E-state index is 0.0127. The zero-order chi connectivity index (χ0) is 21.7. The highest BCUT2D eigenvalue weighted by Gasteiger charge is 2.60. The highest BCUT2D eigenvalue weighted by Crippen LogP contribution is 2.68. The maximum atomic E-state index is 12.3. The Morgan fingerprint density at radius 3 is 2.40 bits per heavy atom. The van der Waals surface area contributed by atoms with Gasteiger partial charge in [0, 0.05) is 6.42 Å². The first kappa shape index (κ1) is 22.7. The largest absolute Gasteiger partial charge is 0.460 e. The Labute approximate surface area is 186 Å². The zero-order valence-electron chi connectivity index (χ0n) is 20.8. The van der Waals surface area contributed by atoms with Crippen LogP contribution in [0.25, 0.3) is 0 Å². The van der Waals surface area contributed by atoms with E-state index in [-0.39, 0.29) is 11.6 Å². The smallest absolute Gasteiger partial charge is 0.306 e. The van der Waals surface area contributed by atoms with Crippen molar-refractivity contribution in [2.45, 2.75) is 124 Å². The van der Waals surface area contributed by atoms with E-state index in [2.05, 4.69) is 20.8 Å². The molecule has 0 aromatic rings. The highest BCUT2D eigenvalue weighted by molar-refractivity contribution is 5.69. The van der Waals surface area contributed by atoms with Crippen LogP contribution in [-0.2, 0) is 9.53 Å². The lowest BCUT2D eigenvalue weighted by molar-refractivity contribution is -0.155. The van der Waals surface area contributed by atoms with Crippen molar-refractivity contribution in [2.24, 2.45) is 46.3 Å². The predicted octanol–water partition coefficient (Wildman–Crippen LogP) is 7.79. The molecule has 0 spiro atoms. The predicted molar refractivity (Wildman–Crippen MR) is 124 cm³/mol. The van der Waals surface area contributed by atoms with Gasteiger partial charge >= 0.3 is 5.97 Å². The van der Waals surface area contributed by atoms with E-state index in [0.29, 0.717) is 23.2 Å². The first-order valence-corrected chi connectivity index (χ1v) is 13.3. The molecule has 172 valence electrons. The first-order chi connectivity index (χ1) is 14.0. The third-order valence-electron chi connectivity index (χ3n) is 10.6. The molecule has 1 unspecified atom stereocenters. The molecule has 2 nitrogen and oxygen atoms in total. The van der Waals surface area contributed by atoms with Gasteiger partial charge < -0.3 is 4.74 Å². The molecule has 8 atom stereocenters. The van der Waals surface area contributed by atoms with E-state index in [4.69, 9.17) is 4.74 Å². The summed E-state index contributed by atoms with van der Waals surface area (Å²) in [7, 11) is 0. The lowest BCUT2D eigenvalue weighted by Crippen LogP contribution is -2.53. The number of rotatable bonds is 4. The van der Waals surface area contributed by atoms with Crippen LogP contribution in [0.4, 0.5) is 0 Å². The molecule has 4 saturated carbocycles. The second-order valence-electron chi connectivity index (χ2n) is 13.2. The van der Waals surface area contributed by atoms with Gasteiger partial charge in [-0.3, -0.25) is 4.79 Å². The van der Waals surface area contributed by atoms with E-state index in [1.54, 1.807) is 0 Å². The molecular formula is C28H48O2. The second kappa shape index (κ2) is 8.11. The summed E-state index contributed by atoms with van der Waals surface area (Å²) < 4.78 is 5.58. The van der Waals surface area contributed by atoms with Crippen molar-refractivity contribution < 1.29 is 9.53 Å². The molecular weight excluding hydrogens is 368 g/mol. The maximum Gasteiger partial charge on any atom is 0.306 e. The number of carbonyl (C=O) groups is 1. The Kier molecular flexibility index (Phi) is 6.12. The number of hydrogen-bond donors (Lipinski definition) is 0. The number of fused-ring (bicyclic) bond motifs is 5. The first-order valence-electron chi connectivity index (χ1n) is 13.3. The van der Waals surface area contributed by atoms with Crippen molar-refractivity contribution in [1.29, 1.82) is 0 Å². The molecule has 0 saturated heterocycles.